The van der Waals surface area contributed by atoms with Crippen molar-refractivity contribution in [3.8, 4) is 5.75 Å². The number of rotatable bonds is 12. The average Bonchev–Trinajstić information content (AvgIpc) is 3.25. The molecule has 322 valence electrons. The molecule has 0 aliphatic carbocycles. The number of likely N-dealkylation sites (tertiary alicyclic amines) is 1. The second kappa shape index (κ2) is 18.5. The van der Waals surface area contributed by atoms with Crippen LogP contribution in [0.5, 0.6) is 5.75 Å². The van der Waals surface area contributed by atoms with Crippen LogP contribution in [0.25, 0.3) is 0 Å². The number of amides is 4. The molecule has 3 aliphatic rings. The molecule has 3 saturated heterocycles. The van der Waals surface area contributed by atoms with Crippen LogP contribution in [0.3, 0.4) is 0 Å². The van der Waals surface area contributed by atoms with Crippen LogP contribution in [-0.4, -0.2) is 121 Å². The zero-order valence-corrected chi connectivity index (χ0v) is 34.2. The first-order valence-corrected chi connectivity index (χ1v) is 20.2. The molecule has 4 heterocycles. The predicted octanol–water partition coefficient (Wildman–Crippen LogP) is 5.44. The highest BCUT2D eigenvalue weighted by molar-refractivity contribution is 6.01. The number of carbonyl (C=O) groups excluding carboxylic acids is 4. The summed E-state index contributed by atoms with van der Waals surface area (Å²) in [5.41, 5.74) is 2.58. The number of hydrogen-bond donors (Lipinski definition) is 4. The van der Waals surface area contributed by atoms with E-state index in [0.717, 1.165) is 37.3 Å². The lowest BCUT2D eigenvalue weighted by atomic mass is 9.89. The summed E-state index contributed by atoms with van der Waals surface area (Å²) in [7, 11) is 4.59. The molecule has 1 atom stereocenters. The largest absolute Gasteiger partial charge is 0.494 e. The van der Waals surface area contributed by atoms with Gasteiger partial charge >= 0.3 is 6.18 Å². The molecule has 4 amide bonds. The molecule has 3 fully saturated rings. The van der Waals surface area contributed by atoms with E-state index in [-0.39, 0.29) is 40.8 Å². The molecular weight excluding hydrogens is 794 g/mol. The smallest absolute Gasteiger partial charge is 0.421 e. The maximum Gasteiger partial charge on any atom is 0.421 e. The van der Waals surface area contributed by atoms with Gasteiger partial charge in [0.05, 0.1) is 30.6 Å². The highest BCUT2D eigenvalue weighted by atomic mass is 19.4. The number of benzene rings is 3. The maximum atomic E-state index is 14.1. The van der Waals surface area contributed by atoms with Gasteiger partial charge in [-0.3, -0.25) is 29.4 Å². The Bertz CT molecular complexity index is 2240. The van der Waals surface area contributed by atoms with Gasteiger partial charge < -0.3 is 35.4 Å². The number of imide groups is 1. The van der Waals surface area contributed by atoms with E-state index in [2.05, 4.69) is 53.2 Å². The van der Waals surface area contributed by atoms with Crippen molar-refractivity contribution in [1.29, 1.82) is 0 Å². The van der Waals surface area contributed by atoms with E-state index in [9.17, 15) is 32.3 Å². The zero-order chi connectivity index (χ0) is 43.3. The van der Waals surface area contributed by atoms with Crippen molar-refractivity contribution in [3.63, 3.8) is 0 Å². The Kier molecular flexibility index (Phi) is 12.9. The van der Waals surface area contributed by atoms with E-state index in [1.807, 2.05) is 29.2 Å². The number of nitrogens with one attached hydrogen (secondary N) is 4. The van der Waals surface area contributed by atoms with Crippen LogP contribution in [-0.2, 0) is 20.6 Å². The molecule has 1 unspecified atom stereocenters. The molecule has 3 aromatic carbocycles. The third-order valence-corrected chi connectivity index (χ3v) is 11.2. The van der Waals surface area contributed by atoms with Gasteiger partial charge in [0, 0.05) is 70.3 Å². The molecule has 7 rings (SSSR count). The fraction of sp³-hybridized carbons (Fsp3) is 0.395. The predicted molar refractivity (Wildman–Crippen MR) is 224 cm³/mol. The Balaban J connectivity index is 0.910. The molecular formula is C43H49F3N10O5. The van der Waals surface area contributed by atoms with Crippen molar-refractivity contribution in [2.45, 2.75) is 43.8 Å². The number of carbonyl (C=O) groups is 4. The summed E-state index contributed by atoms with van der Waals surface area (Å²) in [5.74, 6) is -0.685. The molecule has 15 nitrogen and oxygen atoms in total. The molecule has 4 aromatic rings. The molecule has 0 saturated carbocycles. The van der Waals surface area contributed by atoms with Gasteiger partial charge in [-0.05, 0) is 80.2 Å². The number of para-hydroxylation sites is 1. The number of piperidine rings is 2. The summed E-state index contributed by atoms with van der Waals surface area (Å²) in [5, 5.41) is 11.3. The average molecular weight is 843 g/mol. The minimum atomic E-state index is -4.77. The van der Waals surface area contributed by atoms with Crippen LogP contribution >= 0.6 is 0 Å². The molecule has 1 aromatic heterocycles. The third-order valence-electron chi connectivity index (χ3n) is 11.2. The quantitative estimate of drug-likeness (QED) is 0.134. The molecule has 18 heteroatoms. The second-order valence-electron chi connectivity index (χ2n) is 15.5. The van der Waals surface area contributed by atoms with Crippen molar-refractivity contribution in [2.24, 2.45) is 0 Å². The lowest BCUT2D eigenvalue weighted by Crippen LogP contribution is -2.51. The Morgan fingerprint density at radius 2 is 1.62 bits per heavy atom. The minimum absolute atomic E-state index is 0.0947. The number of alkyl halides is 3. The first-order chi connectivity index (χ1) is 29.2. The minimum Gasteiger partial charge on any atom is -0.494 e. The number of anilines is 6. The standard InChI is InChI=1S/C43H49F3N10O5/c1-53(2)41(60)31-6-4-5-7-33(31)49-39-32(43(44,45)46)25-47-42(52-39)50-34-13-12-30(24-36(34)61-3)55-20-22-56(23-21-55)38(58)26-54-18-16-28(17-19-54)27-8-10-29(11-9-27)48-35-14-15-37(57)51-40(35)59/h4-13,24-25,28,35,48H,14-23,26H2,1-3H3,(H,51,57,59)(H2,47,49,50,52). The Labute approximate surface area is 351 Å². The van der Waals surface area contributed by atoms with Gasteiger partial charge in [-0.25, -0.2) is 4.98 Å². The van der Waals surface area contributed by atoms with E-state index in [1.165, 1.54) is 29.7 Å². The number of aromatic nitrogens is 2. The zero-order valence-electron chi connectivity index (χ0n) is 34.2. The van der Waals surface area contributed by atoms with Crippen molar-refractivity contribution >= 4 is 58.1 Å². The van der Waals surface area contributed by atoms with E-state index >= 15 is 0 Å². The molecule has 0 spiro atoms. The van der Waals surface area contributed by atoms with Gasteiger partial charge in [0.25, 0.3) is 5.91 Å². The molecule has 4 N–H and O–H groups in total. The number of methoxy groups -OCH3 is 1. The summed E-state index contributed by atoms with van der Waals surface area (Å²) < 4.78 is 47.9. The van der Waals surface area contributed by atoms with Gasteiger partial charge in [-0.15, -0.1) is 0 Å². The Morgan fingerprint density at radius 1 is 0.902 bits per heavy atom. The van der Waals surface area contributed by atoms with Gasteiger partial charge in [-0.1, -0.05) is 24.3 Å². The second-order valence-corrected chi connectivity index (χ2v) is 15.5. The lowest BCUT2D eigenvalue weighted by Gasteiger charge is -2.38. The fourth-order valence-corrected chi connectivity index (χ4v) is 7.81. The Morgan fingerprint density at radius 3 is 2.30 bits per heavy atom. The van der Waals surface area contributed by atoms with E-state index in [0.29, 0.717) is 69.1 Å². The van der Waals surface area contributed by atoms with Crippen molar-refractivity contribution < 1.29 is 37.1 Å². The molecule has 61 heavy (non-hydrogen) atoms. The number of piperazine rings is 1. The van der Waals surface area contributed by atoms with Crippen LogP contribution in [0.4, 0.5) is 47.7 Å². The number of halogens is 3. The molecule has 3 aliphatic heterocycles. The maximum absolute atomic E-state index is 14.1. The lowest BCUT2D eigenvalue weighted by molar-refractivity contribution is -0.137. The van der Waals surface area contributed by atoms with Crippen LogP contribution in [0.2, 0.25) is 0 Å². The van der Waals surface area contributed by atoms with Gasteiger partial charge in [0.2, 0.25) is 23.7 Å². The van der Waals surface area contributed by atoms with Gasteiger partial charge in [0.1, 0.15) is 23.2 Å². The summed E-state index contributed by atoms with van der Waals surface area (Å²) in [4.78, 5) is 65.4. The third kappa shape index (κ3) is 10.3. The normalized spacial score (nSPS) is 17.7. The topological polar surface area (TPSA) is 164 Å². The highest BCUT2D eigenvalue weighted by Crippen LogP contribution is 2.37. The van der Waals surface area contributed by atoms with Crippen LogP contribution in [0, 0.1) is 0 Å². The first-order valence-electron chi connectivity index (χ1n) is 20.2. The highest BCUT2D eigenvalue weighted by Gasteiger charge is 2.36. The summed E-state index contributed by atoms with van der Waals surface area (Å²) in [6, 6.07) is 19.4. The monoisotopic (exact) mass is 842 g/mol. The summed E-state index contributed by atoms with van der Waals surface area (Å²) in [6.07, 6.45) is -1.43. The van der Waals surface area contributed by atoms with E-state index in [4.69, 9.17) is 4.74 Å². The Hall–Kier alpha value is -6.43. The summed E-state index contributed by atoms with van der Waals surface area (Å²) >= 11 is 0. The van der Waals surface area contributed by atoms with Crippen molar-refractivity contribution in [1.82, 2.24) is 30.0 Å². The number of hydrogen-bond acceptors (Lipinski definition) is 12. The fourth-order valence-electron chi connectivity index (χ4n) is 7.81. The van der Waals surface area contributed by atoms with Crippen LogP contribution in [0.15, 0.2) is 72.9 Å². The number of nitrogens with zero attached hydrogens (tertiary/aromatic N) is 6. The summed E-state index contributed by atoms with van der Waals surface area (Å²) in [6.45, 7) is 4.30. The van der Waals surface area contributed by atoms with E-state index in [1.54, 1.807) is 32.3 Å². The number of ether oxygens (including phenoxy) is 1. The van der Waals surface area contributed by atoms with Gasteiger partial charge in [0.15, 0.2) is 0 Å². The first kappa shape index (κ1) is 42.7. The SMILES string of the molecule is COc1cc(N2CCN(C(=O)CN3CCC(c4ccc(NC5CCC(=O)NC5=O)cc4)CC3)CC2)ccc1Nc1ncc(C(F)(F)F)c(Nc2ccccc2C(=O)N(C)C)n1. The molecule has 0 bridgehead atoms. The van der Waals surface area contributed by atoms with Crippen molar-refractivity contribution in [2.75, 3.05) is 87.9 Å². The van der Waals surface area contributed by atoms with Crippen LogP contribution < -0.4 is 30.9 Å². The van der Waals surface area contributed by atoms with Crippen LogP contribution in [0.1, 0.15) is 53.1 Å². The van der Waals surface area contributed by atoms with E-state index < -0.39 is 23.6 Å². The van der Waals surface area contributed by atoms with Gasteiger partial charge in [-0.2, -0.15) is 18.2 Å². The molecule has 0 radical (unpaired) electrons. The van der Waals surface area contributed by atoms with Crippen molar-refractivity contribution in [3.05, 3.63) is 89.6 Å².